The third-order valence-electron chi connectivity index (χ3n) is 15.6. The normalized spacial score (nSPS) is 27.6. The number of nitrogens with one attached hydrogen (secondary N) is 4. The van der Waals surface area contributed by atoms with Gasteiger partial charge in [-0.25, -0.2) is 37.1 Å². The van der Waals surface area contributed by atoms with E-state index >= 15 is 0 Å². The maximum atomic E-state index is 14.4. The maximum Gasteiger partial charge on any atom is 0.407 e. The van der Waals surface area contributed by atoms with Gasteiger partial charge in [0.15, 0.2) is 0 Å². The summed E-state index contributed by atoms with van der Waals surface area (Å²) in [5.74, 6) is -5.16. The average molecular weight is 913 g/mol. The zero-order valence-electron chi connectivity index (χ0n) is 36.6. The zero-order valence-corrected chi connectivity index (χ0v) is 36.6. The molecule has 0 spiro atoms. The third-order valence-corrected chi connectivity index (χ3v) is 15.6. The molecule has 6 aliphatic rings. The number of alkyl carbamates (subject to hydrolysis) is 2. The van der Waals surface area contributed by atoms with Gasteiger partial charge in [0.25, 0.3) is 0 Å². The van der Waals surface area contributed by atoms with Gasteiger partial charge in [-0.1, -0.05) is 24.3 Å². The Hall–Kier alpha value is -5.94. The molecule has 4 aliphatic carbocycles. The molecule has 4 heterocycles. The van der Waals surface area contributed by atoms with Crippen LogP contribution in [0.4, 0.5) is 27.2 Å². The molecule has 4 amide bonds. The Kier molecular flexibility index (Phi) is 10.3. The van der Waals surface area contributed by atoms with Crippen LogP contribution in [0, 0.1) is 23.7 Å². The highest BCUT2D eigenvalue weighted by molar-refractivity contribution is 6.05. The highest BCUT2D eigenvalue weighted by Gasteiger charge is 2.58. The minimum atomic E-state index is -2.78. The summed E-state index contributed by atoms with van der Waals surface area (Å²) in [6, 6.07) is 13.4. The lowest BCUT2D eigenvalue weighted by Crippen LogP contribution is -2.54. The number of H-pyrrole nitrogens is 2. The molecule has 14 nitrogen and oxygen atoms in total. The van der Waals surface area contributed by atoms with Crippen LogP contribution in [-0.4, -0.2) is 104 Å². The van der Waals surface area contributed by atoms with Crippen LogP contribution in [0.3, 0.4) is 0 Å². The first-order chi connectivity index (χ1) is 31.7. The highest BCUT2D eigenvalue weighted by atomic mass is 19.3. The quantitative estimate of drug-likeness (QED) is 0.106. The molecule has 0 bridgehead atoms. The summed E-state index contributed by atoms with van der Waals surface area (Å²) in [6.45, 7) is 0. The number of hydrogen-bond acceptors (Lipinski definition) is 8. The number of alkyl halides is 4. The Balaban J connectivity index is 0.836. The number of aromatic amines is 2. The topological polar surface area (TPSA) is 175 Å². The molecular weight excluding hydrogens is 861 g/mol. The highest BCUT2D eigenvalue weighted by Crippen LogP contribution is 2.55. The number of benzene rings is 3. The van der Waals surface area contributed by atoms with E-state index in [-0.39, 0.29) is 87.3 Å². The van der Waals surface area contributed by atoms with Crippen LogP contribution < -0.4 is 10.6 Å². The first-order valence-corrected chi connectivity index (χ1v) is 23.2. The molecule has 3 aromatic carbocycles. The van der Waals surface area contributed by atoms with Gasteiger partial charge in [-0.3, -0.25) is 9.59 Å². The lowest BCUT2D eigenvalue weighted by molar-refractivity contribution is -0.139. The molecule has 8 atom stereocenters. The molecule has 4 N–H and O–H groups in total. The van der Waals surface area contributed by atoms with Crippen molar-refractivity contribution >= 4 is 56.8 Å². The van der Waals surface area contributed by atoms with E-state index in [4.69, 9.17) is 19.4 Å². The predicted molar refractivity (Wildman–Crippen MR) is 233 cm³/mol. The zero-order chi connectivity index (χ0) is 45.8. The van der Waals surface area contributed by atoms with Crippen molar-refractivity contribution in [2.75, 3.05) is 14.2 Å². The van der Waals surface area contributed by atoms with Crippen LogP contribution >= 0.6 is 0 Å². The predicted octanol–water partition coefficient (Wildman–Crippen LogP) is 8.68. The van der Waals surface area contributed by atoms with Gasteiger partial charge in [0.05, 0.1) is 48.4 Å². The smallest absolute Gasteiger partial charge is 0.407 e. The van der Waals surface area contributed by atoms with Crippen molar-refractivity contribution in [3.8, 4) is 11.1 Å². The summed E-state index contributed by atoms with van der Waals surface area (Å²) in [5.41, 5.74) is 5.00. The number of carbonyl (C=O) groups is 4. The lowest BCUT2D eigenvalue weighted by Gasteiger charge is -2.37. The fraction of sp³-hybridized carbons (Fsp3) is 0.542. The number of nitrogens with zero attached hydrogens (tertiary/aromatic N) is 4. The number of methoxy groups -OCH3 is 2. The number of likely N-dealkylation sites (tertiary alicyclic amines) is 2. The van der Waals surface area contributed by atoms with Crippen LogP contribution in [0.5, 0.6) is 0 Å². The molecule has 348 valence electrons. The molecule has 11 rings (SSSR count). The van der Waals surface area contributed by atoms with Crippen molar-refractivity contribution in [1.29, 1.82) is 0 Å². The number of halogens is 4. The van der Waals surface area contributed by atoms with E-state index in [9.17, 15) is 36.7 Å². The van der Waals surface area contributed by atoms with E-state index in [2.05, 4.69) is 26.7 Å². The van der Waals surface area contributed by atoms with Crippen LogP contribution in [0.25, 0.3) is 44.0 Å². The Bertz CT molecular complexity index is 2760. The minimum Gasteiger partial charge on any atom is -0.453 e. The van der Waals surface area contributed by atoms with E-state index in [1.807, 2.05) is 52.3 Å². The summed E-state index contributed by atoms with van der Waals surface area (Å²) in [6.07, 6.45) is 0.701. The number of imidazole rings is 2. The molecule has 0 radical (unpaired) electrons. The van der Waals surface area contributed by atoms with E-state index in [1.165, 1.54) is 14.2 Å². The van der Waals surface area contributed by atoms with Crippen molar-refractivity contribution < 1.29 is 46.2 Å². The van der Waals surface area contributed by atoms with Crippen molar-refractivity contribution in [1.82, 2.24) is 40.4 Å². The largest absolute Gasteiger partial charge is 0.453 e. The minimum absolute atomic E-state index is 0.00689. The van der Waals surface area contributed by atoms with Gasteiger partial charge < -0.3 is 39.9 Å². The molecule has 2 aromatic heterocycles. The molecule has 66 heavy (non-hydrogen) atoms. The van der Waals surface area contributed by atoms with Crippen molar-refractivity contribution in [2.24, 2.45) is 23.7 Å². The average Bonchev–Trinajstić information content (AvgIpc) is 3.96. The number of piperidine rings is 2. The number of aromatic nitrogens is 4. The van der Waals surface area contributed by atoms with Gasteiger partial charge in [0.2, 0.25) is 23.7 Å². The number of fused-ring (bicyclic) bond motifs is 6. The Labute approximate surface area is 376 Å². The fourth-order valence-electron chi connectivity index (χ4n) is 11.8. The van der Waals surface area contributed by atoms with Gasteiger partial charge in [-0.15, -0.1) is 0 Å². The Morgan fingerprint density at radius 2 is 1.15 bits per heavy atom. The van der Waals surface area contributed by atoms with E-state index in [0.717, 1.165) is 56.8 Å². The Morgan fingerprint density at radius 3 is 1.70 bits per heavy atom. The van der Waals surface area contributed by atoms with Gasteiger partial charge >= 0.3 is 12.2 Å². The van der Waals surface area contributed by atoms with Gasteiger partial charge in [0.1, 0.15) is 23.7 Å². The van der Waals surface area contributed by atoms with Gasteiger partial charge in [-0.05, 0) is 116 Å². The standard InChI is InChI=1S/C48H52F4N8O6/c1-65-45(63)57-38(23-9-13-47(49,50)14-10-23)43(61)59-34-19-28(34)21-36(59)41-53-31-7-4-26(18-33(31)55-41)25-3-6-30-27(17-25)5-8-32-40(30)56-42(54-32)37-22-29-20-35(29)60(37)44(62)39(58-46(64)66-2)24-11-15-48(51,52)16-12-24/h3-8,17-18,23-24,28-29,34-39H,9-16,19-22H2,1-2H3,(H,53,55)(H,54,56)(H,57,63)(H,58,64). The molecule has 8 unspecified atom stereocenters. The first kappa shape index (κ1) is 42.7. The molecular formula is C48H52F4N8O6. The second-order valence-corrected chi connectivity index (χ2v) is 19.6. The second-order valence-electron chi connectivity index (χ2n) is 19.6. The summed E-state index contributed by atoms with van der Waals surface area (Å²) in [5, 5.41) is 7.26. The number of hydrogen-bond donors (Lipinski definition) is 4. The maximum absolute atomic E-state index is 14.4. The van der Waals surface area contributed by atoms with Crippen molar-refractivity contribution in [3.63, 3.8) is 0 Å². The molecule has 2 aliphatic heterocycles. The number of rotatable bonds is 9. The van der Waals surface area contributed by atoms with Gasteiger partial charge in [-0.2, -0.15) is 0 Å². The number of carbonyl (C=O) groups excluding carboxylic acids is 4. The van der Waals surface area contributed by atoms with E-state index in [1.54, 1.807) is 0 Å². The van der Waals surface area contributed by atoms with E-state index < -0.39 is 48.0 Å². The van der Waals surface area contributed by atoms with Gasteiger partial charge in [0, 0.05) is 43.2 Å². The second kappa shape index (κ2) is 15.9. The molecule has 4 saturated carbocycles. The van der Waals surface area contributed by atoms with Crippen molar-refractivity contribution in [2.45, 2.75) is 125 Å². The summed E-state index contributed by atoms with van der Waals surface area (Å²) < 4.78 is 66.2. The third kappa shape index (κ3) is 7.66. The fourth-order valence-corrected chi connectivity index (χ4v) is 11.8. The monoisotopic (exact) mass is 912 g/mol. The Morgan fingerprint density at radius 1 is 0.652 bits per heavy atom. The molecule has 5 aromatic rings. The molecule has 18 heteroatoms. The summed E-state index contributed by atoms with van der Waals surface area (Å²) in [7, 11) is 2.44. The SMILES string of the molecule is COC(=O)NC(C(=O)N1C(c2nc3ccc(-c4ccc5c(ccc6[nH]c(C7CC8CC8N7C(=O)C(NC(=O)OC)C7CCC(F)(F)CC7)nc65)c4)cc3[nH]2)CC2CC21)C1CCC(F)(F)CC1. The summed E-state index contributed by atoms with van der Waals surface area (Å²) >= 11 is 0. The van der Waals surface area contributed by atoms with E-state index in [0.29, 0.717) is 36.3 Å². The van der Waals surface area contributed by atoms with Crippen LogP contribution in [0.1, 0.15) is 101 Å². The molecule has 2 saturated heterocycles. The number of amides is 4. The van der Waals surface area contributed by atoms with Crippen LogP contribution in [-0.2, 0) is 19.1 Å². The summed E-state index contributed by atoms with van der Waals surface area (Å²) in [4.78, 5) is 74.3. The lowest BCUT2D eigenvalue weighted by atomic mass is 9.81. The van der Waals surface area contributed by atoms with Crippen LogP contribution in [0.15, 0.2) is 48.5 Å². The first-order valence-electron chi connectivity index (χ1n) is 23.2. The molecule has 6 fully saturated rings. The van der Waals surface area contributed by atoms with Crippen molar-refractivity contribution in [3.05, 3.63) is 60.2 Å². The van der Waals surface area contributed by atoms with Crippen LogP contribution in [0.2, 0.25) is 0 Å². The number of ether oxygens (including phenoxy) is 2.